The number of nitrogens with zero attached hydrogens (tertiary/aromatic N) is 1. The van der Waals surface area contributed by atoms with Crippen LogP contribution in [-0.2, 0) is 11.3 Å². The predicted molar refractivity (Wildman–Crippen MR) is 73.1 cm³/mol. The van der Waals surface area contributed by atoms with Gasteiger partial charge in [0, 0.05) is 25.8 Å². The molecule has 0 aliphatic heterocycles. The van der Waals surface area contributed by atoms with Gasteiger partial charge in [-0.1, -0.05) is 18.2 Å². The van der Waals surface area contributed by atoms with Crippen molar-refractivity contribution in [1.82, 2.24) is 10.2 Å². The van der Waals surface area contributed by atoms with Crippen LogP contribution in [0.4, 0.5) is 10.5 Å². The molecule has 1 rings (SSSR count). The minimum absolute atomic E-state index is 0.0674. The molecule has 0 atom stereocenters. The van der Waals surface area contributed by atoms with Gasteiger partial charge in [-0.2, -0.15) is 0 Å². The molecule has 1 aromatic rings. The van der Waals surface area contributed by atoms with Gasteiger partial charge in [-0.15, -0.1) is 0 Å². The second kappa shape index (κ2) is 7.38. The smallest absolute Gasteiger partial charge is 0.321 e. The summed E-state index contributed by atoms with van der Waals surface area (Å²) in [7, 11) is 3.40. The molecule has 0 fully saturated rings. The molecule has 0 heterocycles. The number of benzene rings is 1. The number of urea groups is 1. The molecular weight excluding hydrogens is 246 g/mol. The van der Waals surface area contributed by atoms with E-state index >= 15 is 0 Å². The van der Waals surface area contributed by atoms with Gasteiger partial charge >= 0.3 is 12.0 Å². The van der Waals surface area contributed by atoms with E-state index in [-0.39, 0.29) is 19.0 Å². The number of para-hydroxylation sites is 1. The van der Waals surface area contributed by atoms with E-state index in [1.165, 1.54) is 4.90 Å². The zero-order valence-electron chi connectivity index (χ0n) is 11.1. The summed E-state index contributed by atoms with van der Waals surface area (Å²) in [6.07, 6.45) is -0.0674. The van der Waals surface area contributed by atoms with Gasteiger partial charge in [0.25, 0.3) is 0 Å². The molecule has 104 valence electrons. The third-order valence-electron chi connectivity index (χ3n) is 2.63. The van der Waals surface area contributed by atoms with Crippen molar-refractivity contribution < 1.29 is 14.7 Å². The van der Waals surface area contributed by atoms with Crippen LogP contribution in [0.3, 0.4) is 0 Å². The standard InChI is InChI=1S/C13H19N3O3/c1-14-9-10-5-3-4-6-11(10)15-13(19)16(2)8-7-12(17)18/h3-6,14H,7-9H2,1-2H3,(H,15,19)(H,17,18). The lowest BCUT2D eigenvalue weighted by atomic mass is 10.2. The van der Waals surface area contributed by atoms with Crippen molar-refractivity contribution in [3.05, 3.63) is 29.8 Å². The number of carboxylic acid groups (broad SMARTS) is 1. The van der Waals surface area contributed by atoms with Crippen LogP contribution in [0.5, 0.6) is 0 Å². The molecule has 6 nitrogen and oxygen atoms in total. The van der Waals surface area contributed by atoms with Crippen molar-refractivity contribution in [3.8, 4) is 0 Å². The first-order valence-corrected chi connectivity index (χ1v) is 6.01. The van der Waals surface area contributed by atoms with Crippen molar-refractivity contribution in [2.75, 3.05) is 26.0 Å². The van der Waals surface area contributed by atoms with Crippen molar-refractivity contribution in [2.24, 2.45) is 0 Å². The lowest BCUT2D eigenvalue weighted by Gasteiger charge is -2.18. The van der Waals surface area contributed by atoms with E-state index in [2.05, 4.69) is 10.6 Å². The third kappa shape index (κ3) is 4.97. The quantitative estimate of drug-likeness (QED) is 0.725. The second-order valence-electron chi connectivity index (χ2n) is 4.18. The van der Waals surface area contributed by atoms with Crippen LogP contribution in [0.15, 0.2) is 24.3 Å². The number of carbonyl (C=O) groups is 2. The van der Waals surface area contributed by atoms with Crippen LogP contribution in [0.1, 0.15) is 12.0 Å². The highest BCUT2D eigenvalue weighted by Crippen LogP contribution is 2.15. The molecule has 0 spiro atoms. The lowest BCUT2D eigenvalue weighted by molar-refractivity contribution is -0.137. The van der Waals surface area contributed by atoms with Gasteiger partial charge in [-0.3, -0.25) is 4.79 Å². The maximum Gasteiger partial charge on any atom is 0.321 e. The number of carboxylic acids is 1. The van der Waals surface area contributed by atoms with Gasteiger partial charge in [0.2, 0.25) is 0 Å². The Morgan fingerprint density at radius 1 is 1.32 bits per heavy atom. The van der Waals surface area contributed by atoms with E-state index in [0.717, 1.165) is 11.3 Å². The molecule has 6 heteroatoms. The third-order valence-corrected chi connectivity index (χ3v) is 2.63. The number of hydrogen-bond donors (Lipinski definition) is 3. The SMILES string of the molecule is CNCc1ccccc1NC(=O)N(C)CCC(=O)O. The number of rotatable bonds is 6. The van der Waals surface area contributed by atoms with Crippen LogP contribution >= 0.6 is 0 Å². The van der Waals surface area contributed by atoms with Gasteiger partial charge < -0.3 is 20.6 Å². The van der Waals surface area contributed by atoms with E-state index in [1.807, 2.05) is 31.3 Å². The molecule has 0 bridgehead atoms. The number of carbonyl (C=O) groups excluding carboxylic acids is 1. The number of aliphatic carboxylic acids is 1. The van der Waals surface area contributed by atoms with Crippen LogP contribution in [-0.4, -0.2) is 42.6 Å². The number of nitrogens with one attached hydrogen (secondary N) is 2. The monoisotopic (exact) mass is 265 g/mol. The molecule has 3 N–H and O–H groups in total. The zero-order chi connectivity index (χ0) is 14.3. The minimum atomic E-state index is -0.921. The van der Waals surface area contributed by atoms with Gasteiger partial charge in [0.1, 0.15) is 0 Å². The van der Waals surface area contributed by atoms with E-state index in [0.29, 0.717) is 6.54 Å². The largest absolute Gasteiger partial charge is 0.481 e. The highest BCUT2D eigenvalue weighted by atomic mass is 16.4. The maximum absolute atomic E-state index is 11.9. The van der Waals surface area contributed by atoms with Gasteiger partial charge in [0.15, 0.2) is 0 Å². The van der Waals surface area contributed by atoms with Crippen molar-refractivity contribution in [1.29, 1.82) is 0 Å². The Morgan fingerprint density at radius 3 is 2.63 bits per heavy atom. The molecular formula is C13H19N3O3. The summed E-state index contributed by atoms with van der Waals surface area (Å²) in [5.41, 5.74) is 1.70. The molecule has 0 aliphatic rings. The predicted octanol–water partition coefficient (Wildman–Crippen LogP) is 1.34. The van der Waals surface area contributed by atoms with Crippen molar-refractivity contribution in [2.45, 2.75) is 13.0 Å². The van der Waals surface area contributed by atoms with Gasteiger partial charge in [0.05, 0.1) is 6.42 Å². The molecule has 19 heavy (non-hydrogen) atoms. The van der Waals surface area contributed by atoms with E-state index in [4.69, 9.17) is 5.11 Å². The normalized spacial score (nSPS) is 10.0. The molecule has 0 aliphatic carbocycles. The zero-order valence-corrected chi connectivity index (χ0v) is 11.1. The number of hydrogen-bond acceptors (Lipinski definition) is 3. The van der Waals surface area contributed by atoms with Crippen LogP contribution in [0, 0.1) is 0 Å². The van der Waals surface area contributed by atoms with E-state index < -0.39 is 5.97 Å². The van der Waals surface area contributed by atoms with E-state index in [9.17, 15) is 9.59 Å². The first kappa shape index (κ1) is 15.0. The molecule has 0 unspecified atom stereocenters. The van der Waals surface area contributed by atoms with Crippen LogP contribution in [0.2, 0.25) is 0 Å². The van der Waals surface area contributed by atoms with Crippen molar-refractivity contribution >= 4 is 17.7 Å². The highest BCUT2D eigenvalue weighted by Gasteiger charge is 2.11. The second-order valence-corrected chi connectivity index (χ2v) is 4.18. The highest BCUT2D eigenvalue weighted by molar-refractivity contribution is 5.90. The first-order valence-electron chi connectivity index (χ1n) is 6.01. The molecule has 0 radical (unpaired) electrons. The Bertz CT molecular complexity index is 449. The van der Waals surface area contributed by atoms with Gasteiger partial charge in [-0.25, -0.2) is 4.79 Å². The summed E-state index contributed by atoms with van der Waals surface area (Å²) < 4.78 is 0. The number of anilines is 1. The summed E-state index contributed by atoms with van der Waals surface area (Å²) in [6.45, 7) is 0.824. The Balaban J connectivity index is 2.63. The Hall–Kier alpha value is -2.08. The van der Waals surface area contributed by atoms with Crippen molar-refractivity contribution in [3.63, 3.8) is 0 Å². The molecule has 2 amide bonds. The molecule has 0 saturated heterocycles. The summed E-state index contributed by atoms with van der Waals surface area (Å²) in [5.74, 6) is -0.921. The maximum atomic E-state index is 11.9. The molecule has 1 aromatic carbocycles. The van der Waals surface area contributed by atoms with E-state index in [1.54, 1.807) is 7.05 Å². The van der Waals surface area contributed by atoms with Gasteiger partial charge in [-0.05, 0) is 18.7 Å². The summed E-state index contributed by atoms with van der Waals surface area (Å²) in [4.78, 5) is 23.7. The fraction of sp³-hybridized carbons (Fsp3) is 0.385. The fourth-order valence-electron chi connectivity index (χ4n) is 1.56. The summed E-state index contributed by atoms with van der Waals surface area (Å²) >= 11 is 0. The summed E-state index contributed by atoms with van der Waals surface area (Å²) in [5, 5.41) is 14.4. The fourth-order valence-corrected chi connectivity index (χ4v) is 1.56. The topological polar surface area (TPSA) is 81.7 Å². The average Bonchev–Trinajstić information content (AvgIpc) is 2.38. The van der Waals surface area contributed by atoms with Crippen LogP contribution in [0.25, 0.3) is 0 Å². The minimum Gasteiger partial charge on any atom is -0.481 e. The first-order chi connectivity index (χ1) is 9.04. The Labute approximate surface area is 112 Å². The molecule has 0 aromatic heterocycles. The Morgan fingerprint density at radius 2 is 2.00 bits per heavy atom. The lowest BCUT2D eigenvalue weighted by Crippen LogP contribution is -2.33. The summed E-state index contributed by atoms with van der Waals surface area (Å²) in [6, 6.07) is 7.16. The van der Waals surface area contributed by atoms with Crippen LogP contribution < -0.4 is 10.6 Å². The Kier molecular flexibility index (Phi) is 5.81. The molecule has 0 saturated carbocycles. The number of amides is 2. The average molecular weight is 265 g/mol.